The second kappa shape index (κ2) is 7.07. The number of aliphatic hydroxyl groups excluding tert-OH is 1. The third-order valence-corrected chi connectivity index (χ3v) is 4.31. The Labute approximate surface area is 136 Å². The number of likely N-dealkylation sites (tertiary alicyclic amines) is 1. The number of alkyl halides is 3. The number of methoxy groups -OCH3 is 1. The molecule has 0 amide bonds. The van der Waals surface area contributed by atoms with E-state index in [-0.39, 0.29) is 23.6 Å². The number of hydrogen-bond donors (Lipinski definition) is 1. The first-order valence-electron chi connectivity index (χ1n) is 7.09. The molecule has 128 valence electrons. The Bertz CT molecular complexity index is 580. The van der Waals surface area contributed by atoms with E-state index in [9.17, 15) is 23.1 Å². The van der Waals surface area contributed by atoms with E-state index in [1.165, 1.54) is 19.2 Å². The Hall–Kier alpha value is -1.31. The fourth-order valence-electron chi connectivity index (χ4n) is 2.76. The molecular formula is C15H17ClF3NO3. The third kappa shape index (κ3) is 4.16. The van der Waals surface area contributed by atoms with Crippen molar-refractivity contribution in [3.8, 4) is 0 Å². The van der Waals surface area contributed by atoms with E-state index in [0.29, 0.717) is 18.5 Å². The van der Waals surface area contributed by atoms with Crippen LogP contribution in [0.1, 0.15) is 28.8 Å². The molecule has 0 radical (unpaired) electrons. The van der Waals surface area contributed by atoms with E-state index >= 15 is 0 Å². The van der Waals surface area contributed by atoms with Crippen LogP contribution in [0.3, 0.4) is 0 Å². The Kier molecular flexibility index (Phi) is 5.54. The molecule has 4 nitrogen and oxygen atoms in total. The topological polar surface area (TPSA) is 49.8 Å². The summed E-state index contributed by atoms with van der Waals surface area (Å²) in [5, 5.41) is 9.77. The monoisotopic (exact) mass is 351 g/mol. The molecule has 0 saturated carbocycles. The van der Waals surface area contributed by atoms with E-state index < -0.39 is 24.3 Å². The first-order chi connectivity index (χ1) is 10.7. The van der Waals surface area contributed by atoms with Crippen molar-refractivity contribution < 1.29 is 27.8 Å². The number of halogens is 4. The highest BCUT2D eigenvalue weighted by Gasteiger charge is 2.46. The summed E-state index contributed by atoms with van der Waals surface area (Å²) in [7, 11) is 1.25. The van der Waals surface area contributed by atoms with Crippen molar-refractivity contribution in [3.63, 3.8) is 0 Å². The second-order valence-electron chi connectivity index (χ2n) is 5.46. The van der Waals surface area contributed by atoms with Gasteiger partial charge in [0.25, 0.3) is 0 Å². The van der Waals surface area contributed by atoms with Crippen LogP contribution in [0.25, 0.3) is 0 Å². The standard InChI is InChI=1S/C15H17ClF3NO3/c1-23-14(22)9-4-5-10(11(16)7-9)8-20-6-2-3-12(20)13(21)15(17,18)19/h4-5,7,12-13,21H,2-3,6,8H2,1H3. The molecule has 1 saturated heterocycles. The van der Waals surface area contributed by atoms with Crippen molar-refractivity contribution in [1.29, 1.82) is 0 Å². The van der Waals surface area contributed by atoms with Gasteiger partial charge in [0.15, 0.2) is 6.10 Å². The maximum Gasteiger partial charge on any atom is 0.415 e. The average molecular weight is 352 g/mol. The highest BCUT2D eigenvalue weighted by molar-refractivity contribution is 6.31. The van der Waals surface area contributed by atoms with Crippen LogP contribution in [0.15, 0.2) is 18.2 Å². The maximum absolute atomic E-state index is 12.7. The number of carbonyl (C=O) groups is 1. The summed E-state index contributed by atoms with van der Waals surface area (Å²) >= 11 is 6.11. The molecular weight excluding hydrogens is 335 g/mol. The van der Waals surface area contributed by atoms with Gasteiger partial charge in [-0.3, -0.25) is 4.90 Å². The number of carbonyl (C=O) groups excluding carboxylic acids is 1. The van der Waals surface area contributed by atoms with E-state index in [1.807, 2.05) is 0 Å². The molecule has 2 rings (SSSR count). The molecule has 1 aromatic carbocycles. The quantitative estimate of drug-likeness (QED) is 0.847. The summed E-state index contributed by atoms with van der Waals surface area (Å²) < 4.78 is 42.7. The summed E-state index contributed by atoms with van der Waals surface area (Å²) in [5.74, 6) is -0.537. The smallest absolute Gasteiger partial charge is 0.415 e. The molecule has 0 aromatic heterocycles. The lowest BCUT2D eigenvalue weighted by Crippen LogP contribution is -2.46. The number of esters is 1. The highest BCUT2D eigenvalue weighted by atomic mass is 35.5. The molecule has 2 unspecified atom stereocenters. The van der Waals surface area contributed by atoms with Crippen LogP contribution in [0.5, 0.6) is 0 Å². The number of nitrogens with zero attached hydrogens (tertiary/aromatic N) is 1. The zero-order valence-electron chi connectivity index (χ0n) is 12.4. The fourth-order valence-corrected chi connectivity index (χ4v) is 3.00. The molecule has 1 heterocycles. The number of ether oxygens (including phenoxy) is 1. The van der Waals surface area contributed by atoms with Crippen molar-refractivity contribution in [2.24, 2.45) is 0 Å². The van der Waals surface area contributed by atoms with E-state index in [2.05, 4.69) is 4.74 Å². The van der Waals surface area contributed by atoms with Crippen LogP contribution in [-0.2, 0) is 11.3 Å². The predicted molar refractivity (Wildman–Crippen MR) is 78.3 cm³/mol. The predicted octanol–water partition coefficient (Wildman–Crippen LogP) is 3.01. The molecule has 1 aromatic rings. The molecule has 1 aliphatic heterocycles. The van der Waals surface area contributed by atoms with Gasteiger partial charge in [0.2, 0.25) is 0 Å². The second-order valence-corrected chi connectivity index (χ2v) is 5.87. The molecule has 0 bridgehead atoms. The van der Waals surface area contributed by atoms with Gasteiger partial charge in [0, 0.05) is 17.6 Å². The lowest BCUT2D eigenvalue weighted by Gasteiger charge is -2.30. The zero-order valence-corrected chi connectivity index (χ0v) is 13.2. The van der Waals surface area contributed by atoms with Crippen LogP contribution in [0.4, 0.5) is 13.2 Å². The molecule has 1 N–H and O–H groups in total. The van der Waals surface area contributed by atoms with Crippen LogP contribution in [0.2, 0.25) is 5.02 Å². The molecule has 0 spiro atoms. The Morgan fingerprint density at radius 1 is 1.52 bits per heavy atom. The van der Waals surface area contributed by atoms with Crippen LogP contribution in [0, 0.1) is 0 Å². The van der Waals surface area contributed by atoms with Crippen LogP contribution in [-0.4, -0.2) is 48.0 Å². The van der Waals surface area contributed by atoms with Crippen LogP contribution < -0.4 is 0 Å². The molecule has 1 aliphatic rings. The number of hydrogen-bond acceptors (Lipinski definition) is 4. The van der Waals surface area contributed by atoms with Gasteiger partial charge in [0.1, 0.15) is 0 Å². The summed E-state index contributed by atoms with van der Waals surface area (Å²) in [4.78, 5) is 13.0. The van der Waals surface area contributed by atoms with Gasteiger partial charge in [0.05, 0.1) is 12.7 Å². The van der Waals surface area contributed by atoms with Gasteiger partial charge in [-0.2, -0.15) is 13.2 Å². The number of aliphatic hydroxyl groups is 1. The minimum absolute atomic E-state index is 0.179. The van der Waals surface area contributed by atoms with Crippen molar-refractivity contribution in [1.82, 2.24) is 4.90 Å². The van der Waals surface area contributed by atoms with E-state index in [0.717, 1.165) is 0 Å². The van der Waals surface area contributed by atoms with Crippen LogP contribution >= 0.6 is 11.6 Å². The molecule has 2 atom stereocenters. The van der Waals surface area contributed by atoms with Gasteiger partial charge < -0.3 is 9.84 Å². The van der Waals surface area contributed by atoms with Gasteiger partial charge in [-0.25, -0.2) is 4.79 Å². The summed E-state index contributed by atoms with van der Waals surface area (Å²) in [6.07, 6.45) is -6.17. The third-order valence-electron chi connectivity index (χ3n) is 3.96. The zero-order chi connectivity index (χ0) is 17.2. The molecule has 0 aliphatic carbocycles. The lowest BCUT2D eigenvalue weighted by atomic mass is 10.1. The van der Waals surface area contributed by atoms with Crippen molar-refractivity contribution in [2.45, 2.75) is 37.7 Å². The average Bonchev–Trinajstić information content (AvgIpc) is 2.94. The number of benzene rings is 1. The first kappa shape index (κ1) is 18.0. The van der Waals surface area contributed by atoms with Gasteiger partial charge in [-0.05, 0) is 37.1 Å². The van der Waals surface area contributed by atoms with E-state index in [1.54, 1.807) is 11.0 Å². The minimum Gasteiger partial charge on any atom is -0.465 e. The lowest BCUT2D eigenvalue weighted by molar-refractivity contribution is -0.219. The number of rotatable bonds is 4. The van der Waals surface area contributed by atoms with E-state index in [4.69, 9.17) is 11.6 Å². The van der Waals surface area contributed by atoms with Gasteiger partial charge in [-0.1, -0.05) is 17.7 Å². The minimum atomic E-state index is -4.65. The Balaban J connectivity index is 2.13. The molecule has 8 heteroatoms. The summed E-state index contributed by atoms with van der Waals surface area (Å²) in [5.41, 5.74) is 0.871. The van der Waals surface area contributed by atoms with Gasteiger partial charge >= 0.3 is 12.1 Å². The van der Waals surface area contributed by atoms with Crippen molar-refractivity contribution in [3.05, 3.63) is 34.3 Å². The maximum atomic E-state index is 12.7. The fraction of sp³-hybridized carbons (Fsp3) is 0.533. The normalized spacial score (nSPS) is 20.5. The van der Waals surface area contributed by atoms with Crippen molar-refractivity contribution >= 4 is 17.6 Å². The SMILES string of the molecule is COC(=O)c1ccc(CN2CCCC2C(O)C(F)(F)F)c(Cl)c1. The first-order valence-corrected chi connectivity index (χ1v) is 7.47. The Morgan fingerprint density at radius 2 is 2.22 bits per heavy atom. The highest BCUT2D eigenvalue weighted by Crippen LogP contribution is 2.32. The largest absolute Gasteiger partial charge is 0.465 e. The molecule has 1 fully saturated rings. The Morgan fingerprint density at radius 3 is 2.78 bits per heavy atom. The summed E-state index contributed by atoms with van der Waals surface area (Å²) in [6.45, 7) is 0.630. The molecule has 23 heavy (non-hydrogen) atoms. The van der Waals surface area contributed by atoms with Crippen molar-refractivity contribution in [2.75, 3.05) is 13.7 Å². The summed E-state index contributed by atoms with van der Waals surface area (Å²) in [6, 6.07) is 3.54. The van der Waals surface area contributed by atoms with Gasteiger partial charge in [-0.15, -0.1) is 0 Å².